The molecule has 10 nitrogen and oxygen atoms in total. The summed E-state index contributed by atoms with van der Waals surface area (Å²) in [5.74, 6) is -0.705. The third-order valence-corrected chi connectivity index (χ3v) is 5.05. The van der Waals surface area contributed by atoms with Crippen LogP contribution in [0, 0.1) is 0 Å². The molecule has 0 radical (unpaired) electrons. The average Bonchev–Trinajstić information content (AvgIpc) is 3.40. The number of carbonyl (C=O) groups is 2. The number of amides is 2. The van der Waals surface area contributed by atoms with Crippen LogP contribution in [0.3, 0.4) is 0 Å². The summed E-state index contributed by atoms with van der Waals surface area (Å²) in [6, 6.07) is 2.73. The quantitative estimate of drug-likeness (QED) is 0.489. The molecule has 1 aliphatic carbocycles. The smallest absolute Gasteiger partial charge is 0.411 e. The Morgan fingerprint density at radius 1 is 1.29 bits per heavy atom. The molecule has 3 rings (SSSR count). The molecule has 1 saturated carbocycles. The number of nitrogens with zero attached hydrogens (tertiary/aromatic N) is 3. The number of anilines is 1. The third kappa shape index (κ3) is 6.92. The van der Waals surface area contributed by atoms with Crippen molar-refractivity contribution >= 4 is 17.8 Å². The first-order valence-corrected chi connectivity index (χ1v) is 10.6. The van der Waals surface area contributed by atoms with Gasteiger partial charge in [0.05, 0.1) is 12.3 Å². The molecule has 0 saturated heterocycles. The second kappa shape index (κ2) is 10.4. The fourth-order valence-corrected chi connectivity index (χ4v) is 3.60. The van der Waals surface area contributed by atoms with Gasteiger partial charge < -0.3 is 20.1 Å². The molecule has 3 N–H and O–H groups in total. The summed E-state index contributed by atoms with van der Waals surface area (Å²) in [6.45, 7) is 1.70. The lowest BCUT2D eigenvalue weighted by Crippen LogP contribution is -2.35. The van der Waals surface area contributed by atoms with Crippen molar-refractivity contribution in [2.24, 2.45) is 7.05 Å². The van der Waals surface area contributed by atoms with Gasteiger partial charge in [-0.25, -0.2) is 9.18 Å². The van der Waals surface area contributed by atoms with E-state index >= 15 is 0 Å². The van der Waals surface area contributed by atoms with Crippen LogP contribution in [0.5, 0.6) is 0 Å². The predicted octanol–water partition coefficient (Wildman–Crippen LogP) is 3.19. The minimum absolute atomic E-state index is 0.0875. The fourth-order valence-electron chi connectivity index (χ4n) is 3.60. The Labute approximate surface area is 192 Å². The van der Waals surface area contributed by atoms with Crippen LogP contribution in [-0.2, 0) is 23.1 Å². The number of ether oxygens (including phenoxy) is 2. The molecule has 1 aliphatic rings. The normalized spacial score (nSPS) is 20.5. The molecule has 2 amide bonds. The first kappa shape index (κ1) is 25.5. The Morgan fingerprint density at radius 2 is 2.03 bits per heavy atom. The van der Waals surface area contributed by atoms with Crippen LogP contribution in [0.1, 0.15) is 54.5 Å². The second-order valence-corrected chi connectivity index (χ2v) is 8.34. The SMILES string of the molecule is CC(C)NC(=O)O[C@@H]1C[C@H](c2cc(NC(=O)c3cc(COCC(F)(F)F)nn3C)n[nH]2)C[C@@H]1F. The highest BCUT2D eigenvalue weighted by Gasteiger charge is 2.39. The van der Waals surface area contributed by atoms with E-state index in [-0.39, 0.29) is 42.0 Å². The minimum atomic E-state index is -4.46. The van der Waals surface area contributed by atoms with Crippen molar-refractivity contribution in [3.63, 3.8) is 0 Å². The number of aromatic amines is 1. The number of alkyl carbamates (subject to hydrolysis) is 1. The van der Waals surface area contributed by atoms with Gasteiger partial charge in [-0.15, -0.1) is 0 Å². The zero-order valence-corrected chi connectivity index (χ0v) is 18.8. The first-order chi connectivity index (χ1) is 15.9. The van der Waals surface area contributed by atoms with Gasteiger partial charge in [-0.3, -0.25) is 14.6 Å². The van der Waals surface area contributed by atoms with Gasteiger partial charge in [0.15, 0.2) is 5.82 Å². The Bertz CT molecular complexity index is 1010. The van der Waals surface area contributed by atoms with Crippen molar-refractivity contribution in [1.29, 1.82) is 0 Å². The van der Waals surface area contributed by atoms with E-state index in [2.05, 4.69) is 30.7 Å². The van der Waals surface area contributed by atoms with Gasteiger partial charge in [-0.2, -0.15) is 23.4 Å². The largest absolute Gasteiger partial charge is 0.443 e. The summed E-state index contributed by atoms with van der Waals surface area (Å²) in [7, 11) is 1.47. The number of carbonyl (C=O) groups excluding carboxylic acids is 2. The highest BCUT2D eigenvalue weighted by molar-refractivity contribution is 6.02. The Hall–Kier alpha value is -3.16. The van der Waals surface area contributed by atoms with E-state index in [4.69, 9.17) is 4.74 Å². The number of H-pyrrole nitrogens is 1. The van der Waals surface area contributed by atoms with Crippen LogP contribution in [-0.4, -0.2) is 63.1 Å². The van der Waals surface area contributed by atoms with Crippen LogP contribution in [0.2, 0.25) is 0 Å². The minimum Gasteiger partial charge on any atom is -0.443 e. The molecule has 2 aromatic heterocycles. The molecule has 0 aromatic carbocycles. The molecule has 34 heavy (non-hydrogen) atoms. The van der Waals surface area contributed by atoms with E-state index < -0.39 is 43.7 Å². The van der Waals surface area contributed by atoms with Crippen molar-refractivity contribution in [2.45, 2.75) is 63.7 Å². The lowest BCUT2D eigenvalue weighted by Gasteiger charge is -2.16. The Balaban J connectivity index is 1.56. The Kier molecular flexibility index (Phi) is 7.79. The van der Waals surface area contributed by atoms with E-state index in [0.29, 0.717) is 5.69 Å². The van der Waals surface area contributed by atoms with Crippen molar-refractivity contribution in [2.75, 3.05) is 11.9 Å². The van der Waals surface area contributed by atoms with Gasteiger partial charge >= 0.3 is 12.3 Å². The van der Waals surface area contributed by atoms with Crippen LogP contribution < -0.4 is 10.6 Å². The monoisotopic (exact) mass is 490 g/mol. The molecule has 2 heterocycles. The maximum Gasteiger partial charge on any atom is 0.411 e. The number of hydrogen-bond donors (Lipinski definition) is 3. The highest BCUT2D eigenvalue weighted by atomic mass is 19.4. The standard InChI is InChI=1S/C20H26F4N6O4/c1-10(2)25-19(32)34-16-5-11(4-13(16)21)14-7-17(28-27-14)26-18(31)15-6-12(29-30(15)3)8-33-9-20(22,23)24/h6-7,10-11,13,16H,4-5,8-9H2,1-3H3,(H,25,32)(H2,26,27,28,31)/t11-,13+,16-/m1/s1. The lowest BCUT2D eigenvalue weighted by molar-refractivity contribution is -0.176. The number of hydrogen-bond acceptors (Lipinski definition) is 6. The van der Waals surface area contributed by atoms with E-state index in [1.807, 2.05) is 0 Å². The molecular weight excluding hydrogens is 464 g/mol. The Morgan fingerprint density at radius 3 is 2.71 bits per heavy atom. The van der Waals surface area contributed by atoms with Crippen LogP contribution in [0.4, 0.5) is 28.2 Å². The van der Waals surface area contributed by atoms with Crippen LogP contribution >= 0.6 is 0 Å². The van der Waals surface area contributed by atoms with Gasteiger partial charge in [0.25, 0.3) is 5.91 Å². The maximum atomic E-state index is 14.4. The molecule has 0 spiro atoms. The van der Waals surface area contributed by atoms with Crippen molar-refractivity contribution in [3.8, 4) is 0 Å². The average molecular weight is 490 g/mol. The topological polar surface area (TPSA) is 123 Å². The van der Waals surface area contributed by atoms with E-state index in [1.54, 1.807) is 19.9 Å². The van der Waals surface area contributed by atoms with Gasteiger partial charge in [-0.05, 0) is 32.8 Å². The zero-order chi connectivity index (χ0) is 25.0. The van der Waals surface area contributed by atoms with E-state index in [9.17, 15) is 27.2 Å². The second-order valence-electron chi connectivity index (χ2n) is 8.34. The molecule has 3 atom stereocenters. The van der Waals surface area contributed by atoms with Crippen molar-refractivity contribution in [3.05, 3.63) is 29.2 Å². The number of alkyl halides is 4. The molecule has 2 aromatic rings. The molecule has 0 aliphatic heterocycles. The summed E-state index contributed by atoms with van der Waals surface area (Å²) < 4.78 is 61.9. The van der Waals surface area contributed by atoms with Gasteiger partial charge in [0.1, 0.15) is 24.6 Å². The van der Waals surface area contributed by atoms with E-state index in [0.717, 1.165) is 0 Å². The predicted molar refractivity (Wildman–Crippen MR) is 111 cm³/mol. The van der Waals surface area contributed by atoms with E-state index in [1.165, 1.54) is 17.8 Å². The number of rotatable bonds is 8. The number of aryl methyl sites for hydroxylation is 1. The van der Waals surface area contributed by atoms with Gasteiger partial charge in [-0.1, -0.05) is 0 Å². The van der Waals surface area contributed by atoms with Crippen LogP contribution in [0.25, 0.3) is 0 Å². The van der Waals surface area contributed by atoms with Crippen molar-refractivity contribution < 1.29 is 36.6 Å². The van der Waals surface area contributed by atoms with Crippen LogP contribution in [0.15, 0.2) is 12.1 Å². The molecule has 0 bridgehead atoms. The maximum absolute atomic E-state index is 14.4. The summed E-state index contributed by atoms with van der Waals surface area (Å²) in [5, 5.41) is 15.8. The first-order valence-electron chi connectivity index (χ1n) is 10.6. The third-order valence-electron chi connectivity index (χ3n) is 5.05. The number of aromatic nitrogens is 4. The molecule has 188 valence electrons. The van der Waals surface area contributed by atoms with Gasteiger partial charge in [0, 0.05) is 30.8 Å². The number of nitrogens with one attached hydrogen (secondary N) is 3. The molecular formula is C20H26F4N6O4. The molecule has 1 fully saturated rings. The van der Waals surface area contributed by atoms with Gasteiger partial charge in [0.2, 0.25) is 0 Å². The lowest BCUT2D eigenvalue weighted by atomic mass is 10.0. The summed E-state index contributed by atoms with van der Waals surface area (Å²) in [4.78, 5) is 24.3. The zero-order valence-electron chi connectivity index (χ0n) is 18.8. The summed E-state index contributed by atoms with van der Waals surface area (Å²) in [6.07, 6.45) is -6.99. The molecule has 0 unspecified atom stereocenters. The summed E-state index contributed by atoms with van der Waals surface area (Å²) in [5.41, 5.74) is 0.816. The van der Waals surface area contributed by atoms with Crippen molar-refractivity contribution in [1.82, 2.24) is 25.3 Å². The fraction of sp³-hybridized carbons (Fsp3) is 0.600. The number of halogens is 4. The highest BCUT2D eigenvalue weighted by Crippen LogP contribution is 2.37. The molecule has 14 heteroatoms. The summed E-state index contributed by atoms with van der Waals surface area (Å²) >= 11 is 0.